The summed E-state index contributed by atoms with van der Waals surface area (Å²) in [5.41, 5.74) is 0.166. The number of amides is 1. The van der Waals surface area contributed by atoms with Crippen molar-refractivity contribution in [1.29, 1.82) is 0 Å². The zero-order chi connectivity index (χ0) is 12.4. The molecule has 1 atom stereocenters. The monoisotopic (exact) mass is 299 g/mol. The molecule has 92 valence electrons. The van der Waals surface area contributed by atoms with E-state index >= 15 is 0 Å². The van der Waals surface area contributed by atoms with E-state index in [9.17, 15) is 9.18 Å². The van der Waals surface area contributed by atoms with Crippen LogP contribution in [0, 0.1) is 5.82 Å². The molecule has 17 heavy (non-hydrogen) atoms. The van der Waals surface area contributed by atoms with Gasteiger partial charge in [0.2, 0.25) is 0 Å². The largest absolute Gasteiger partial charge is 0.336 e. The third-order valence-corrected chi connectivity index (χ3v) is 3.76. The van der Waals surface area contributed by atoms with Gasteiger partial charge in [-0.25, -0.2) is 4.39 Å². The van der Waals surface area contributed by atoms with E-state index in [2.05, 4.69) is 22.9 Å². The Morgan fingerprint density at radius 3 is 3.06 bits per heavy atom. The molecule has 2 rings (SSSR count). The maximum absolute atomic E-state index is 13.6. The summed E-state index contributed by atoms with van der Waals surface area (Å²) in [6.45, 7) is 2.80. The molecule has 0 saturated carbocycles. The van der Waals surface area contributed by atoms with Crippen molar-refractivity contribution in [2.75, 3.05) is 6.54 Å². The standard InChI is InChI=1S/C13H15BrFNO/c1-2-10-4-3-7-16(10)13(17)11-8-9(14)5-6-12(11)15/h5-6,8,10H,2-4,7H2,1H3. The van der Waals surface area contributed by atoms with Gasteiger partial charge >= 0.3 is 0 Å². The van der Waals surface area contributed by atoms with Gasteiger partial charge < -0.3 is 4.90 Å². The topological polar surface area (TPSA) is 20.3 Å². The molecule has 1 saturated heterocycles. The summed E-state index contributed by atoms with van der Waals surface area (Å²) in [7, 11) is 0. The fourth-order valence-electron chi connectivity index (χ4n) is 2.34. The van der Waals surface area contributed by atoms with E-state index in [4.69, 9.17) is 0 Å². The fourth-order valence-corrected chi connectivity index (χ4v) is 2.70. The Hall–Kier alpha value is -0.900. The molecule has 0 N–H and O–H groups in total. The van der Waals surface area contributed by atoms with Crippen LogP contribution in [0.2, 0.25) is 0 Å². The maximum Gasteiger partial charge on any atom is 0.257 e. The van der Waals surface area contributed by atoms with E-state index in [1.165, 1.54) is 6.07 Å². The van der Waals surface area contributed by atoms with Crippen molar-refractivity contribution in [3.63, 3.8) is 0 Å². The van der Waals surface area contributed by atoms with E-state index in [0.717, 1.165) is 30.3 Å². The zero-order valence-electron chi connectivity index (χ0n) is 9.75. The molecule has 0 spiro atoms. The number of likely N-dealkylation sites (tertiary alicyclic amines) is 1. The van der Waals surface area contributed by atoms with Gasteiger partial charge in [-0.3, -0.25) is 4.79 Å². The Labute approximate surface area is 109 Å². The molecule has 1 heterocycles. The van der Waals surface area contributed by atoms with E-state index < -0.39 is 5.82 Å². The van der Waals surface area contributed by atoms with Gasteiger partial charge in [0.15, 0.2) is 0 Å². The molecule has 1 aliphatic heterocycles. The molecule has 1 aromatic rings. The molecule has 1 fully saturated rings. The maximum atomic E-state index is 13.6. The lowest BCUT2D eigenvalue weighted by atomic mass is 10.1. The first-order valence-corrected chi connectivity index (χ1v) is 6.68. The molecule has 1 amide bonds. The number of carbonyl (C=O) groups excluding carboxylic acids is 1. The van der Waals surface area contributed by atoms with Gasteiger partial charge in [0.1, 0.15) is 5.82 Å². The Kier molecular flexibility index (Phi) is 3.82. The number of halogens is 2. The second kappa shape index (κ2) is 5.17. The normalized spacial score (nSPS) is 19.7. The molecule has 1 aliphatic rings. The van der Waals surface area contributed by atoms with Crippen LogP contribution in [0.5, 0.6) is 0 Å². The Morgan fingerprint density at radius 2 is 2.35 bits per heavy atom. The SMILES string of the molecule is CCC1CCCN1C(=O)c1cc(Br)ccc1F. The van der Waals surface area contributed by atoms with Crippen molar-refractivity contribution in [1.82, 2.24) is 4.90 Å². The van der Waals surface area contributed by atoms with Crippen molar-refractivity contribution in [2.24, 2.45) is 0 Å². The number of carbonyl (C=O) groups is 1. The average Bonchev–Trinajstić information content (AvgIpc) is 2.79. The van der Waals surface area contributed by atoms with Crippen molar-refractivity contribution in [3.05, 3.63) is 34.1 Å². The average molecular weight is 300 g/mol. The smallest absolute Gasteiger partial charge is 0.257 e. The quantitative estimate of drug-likeness (QED) is 0.817. The van der Waals surface area contributed by atoms with Crippen LogP contribution >= 0.6 is 15.9 Å². The zero-order valence-corrected chi connectivity index (χ0v) is 11.3. The van der Waals surface area contributed by atoms with Crippen molar-refractivity contribution in [3.8, 4) is 0 Å². The summed E-state index contributed by atoms with van der Waals surface area (Å²) in [5.74, 6) is -0.631. The lowest BCUT2D eigenvalue weighted by Crippen LogP contribution is -2.35. The van der Waals surface area contributed by atoms with Crippen LogP contribution in [0.25, 0.3) is 0 Å². The molecular formula is C13H15BrFNO. The van der Waals surface area contributed by atoms with Gasteiger partial charge in [-0.05, 0) is 37.5 Å². The second-order valence-electron chi connectivity index (χ2n) is 4.33. The van der Waals surface area contributed by atoms with Crippen LogP contribution in [0.15, 0.2) is 22.7 Å². The number of rotatable bonds is 2. The summed E-state index contributed by atoms with van der Waals surface area (Å²) in [6.07, 6.45) is 2.97. The van der Waals surface area contributed by atoms with Crippen LogP contribution in [-0.2, 0) is 0 Å². The third-order valence-electron chi connectivity index (χ3n) is 3.27. The van der Waals surface area contributed by atoms with Crippen molar-refractivity contribution in [2.45, 2.75) is 32.2 Å². The predicted molar refractivity (Wildman–Crippen MR) is 68.4 cm³/mol. The van der Waals surface area contributed by atoms with Crippen LogP contribution < -0.4 is 0 Å². The summed E-state index contributed by atoms with van der Waals surface area (Å²) in [4.78, 5) is 14.1. The summed E-state index contributed by atoms with van der Waals surface area (Å²) < 4.78 is 14.4. The number of hydrogen-bond acceptors (Lipinski definition) is 1. The number of hydrogen-bond donors (Lipinski definition) is 0. The fraction of sp³-hybridized carbons (Fsp3) is 0.462. The van der Waals surface area contributed by atoms with Crippen LogP contribution in [0.1, 0.15) is 36.5 Å². The lowest BCUT2D eigenvalue weighted by molar-refractivity contribution is 0.0729. The molecule has 0 bridgehead atoms. The molecule has 4 heteroatoms. The lowest BCUT2D eigenvalue weighted by Gasteiger charge is -2.23. The molecule has 1 aromatic carbocycles. The van der Waals surface area contributed by atoms with E-state index in [-0.39, 0.29) is 17.5 Å². The van der Waals surface area contributed by atoms with Gasteiger partial charge in [-0.2, -0.15) is 0 Å². The van der Waals surface area contributed by atoms with E-state index in [0.29, 0.717) is 0 Å². The van der Waals surface area contributed by atoms with Crippen molar-refractivity contribution >= 4 is 21.8 Å². The minimum atomic E-state index is -0.444. The van der Waals surface area contributed by atoms with Gasteiger partial charge in [0.05, 0.1) is 5.56 Å². The van der Waals surface area contributed by atoms with Gasteiger partial charge in [-0.1, -0.05) is 22.9 Å². The minimum absolute atomic E-state index is 0.166. The molecule has 1 unspecified atom stereocenters. The summed E-state index contributed by atoms with van der Waals surface area (Å²) >= 11 is 3.27. The summed E-state index contributed by atoms with van der Waals surface area (Å²) in [6, 6.07) is 4.76. The van der Waals surface area contributed by atoms with Gasteiger partial charge in [0.25, 0.3) is 5.91 Å². The Morgan fingerprint density at radius 1 is 1.59 bits per heavy atom. The minimum Gasteiger partial charge on any atom is -0.336 e. The number of nitrogens with zero attached hydrogens (tertiary/aromatic N) is 1. The third kappa shape index (κ3) is 2.51. The van der Waals surface area contributed by atoms with Crippen molar-refractivity contribution < 1.29 is 9.18 Å². The van der Waals surface area contributed by atoms with Gasteiger partial charge in [-0.15, -0.1) is 0 Å². The molecule has 2 nitrogen and oxygen atoms in total. The first kappa shape index (κ1) is 12.6. The first-order chi connectivity index (χ1) is 8.13. The first-order valence-electron chi connectivity index (χ1n) is 5.89. The Balaban J connectivity index is 2.27. The van der Waals surface area contributed by atoms with E-state index in [1.807, 2.05) is 0 Å². The highest BCUT2D eigenvalue weighted by atomic mass is 79.9. The molecule has 0 aromatic heterocycles. The summed E-state index contributed by atoms with van der Waals surface area (Å²) in [5, 5.41) is 0. The van der Waals surface area contributed by atoms with Gasteiger partial charge in [0, 0.05) is 17.1 Å². The van der Waals surface area contributed by atoms with Crippen LogP contribution in [0.3, 0.4) is 0 Å². The van der Waals surface area contributed by atoms with Crippen LogP contribution in [-0.4, -0.2) is 23.4 Å². The van der Waals surface area contributed by atoms with E-state index in [1.54, 1.807) is 17.0 Å². The molecule has 0 aliphatic carbocycles. The second-order valence-corrected chi connectivity index (χ2v) is 5.24. The highest BCUT2D eigenvalue weighted by molar-refractivity contribution is 9.10. The number of benzene rings is 1. The highest BCUT2D eigenvalue weighted by Gasteiger charge is 2.29. The van der Waals surface area contributed by atoms with Crippen LogP contribution in [0.4, 0.5) is 4.39 Å². The molecular weight excluding hydrogens is 285 g/mol. The Bertz CT molecular complexity index is 435. The highest BCUT2D eigenvalue weighted by Crippen LogP contribution is 2.24. The predicted octanol–water partition coefficient (Wildman–Crippen LogP) is 3.60. The molecule has 0 radical (unpaired) electrons.